The molecule has 1 saturated heterocycles. The van der Waals surface area contributed by atoms with Crippen LogP contribution in [0.4, 0.5) is 0 Å². The molecule has 1 amide bonds. The van der Waals surface area contributed by atoms with E-state index in [9.17, 15) is 95.2 Å². The molecule has 0 spiro atoms. The average molecular weight is 1370 g/mol. The van der Waals surface area contributed by atoms with Crippen LogP contribution in [0.25, 0.3) is 0 Å². The summed E-state index contributed by atoms with van der Waals surface area (Å²) >= 11 is 0. The summed E-state index contributed by atoms with van der Waals surface area (Å²) in [7, 11) is -11.1. The first kappa shape index (κ1) is 85.3. The van der Waals surface area contributed by atoms with Crippen molar-refractivity contribution in [1.29, 1.82) is 0 Å². The van der Waals surface area contributed by atoms with Crippen LogP contribution >= 0.6 is 15.6 Å². The van der Waals surface area contributed by atoms with Gasteiger partial charge in [0.15, 0.2) is 6.29 Å². The molecule has 17 N–H and O–H groups in total. The Kier molecular flexibility index (Phi) is 44.4. The van der Waals surface area contributed by atoms with E-state index in [2.05, 4.69) is 19.2 Å². The third-order valence-corrected chi connectivity index (χ3v) is 20.4. The molecule has 3 fully saturated rings. The highest BCUT2D eigenvalue weighted by Gasteiger charge is 2.56. The van der Waals surface area contributed by atoms with Gasteiger partial charge in [-0.3, -0.25) is 22.9 Å². The predicted octanol–water partition coefficient (Wildman–Crippen LogP) is 5.92. The predicted molar refractivity (Wildman–Crippen MR) is 342 cm³/mol. The molecular formula is C64H125NO25P2. The van der Waals surface area contributed by atoms with Crippen molar-refractivity contribution in [3.8, 4) is 0 Å². The van der Waals surface area contributed by atoms with E-state index in [-0.39, 0.29) is 12.8 Å². The van der Waals surface area contributed by atoms with Gasteiger partial charge in [-0.25, -0.2) is 9.13 Å². The number of nitrogens with one attached hydrogen (secondary N) is 1. The summed E-state index contributed by atoms with van der Waals surface area (Å²) in [6.07, 6.45) is 2.49. The topological polar surface area (TPSA) is 442 Å². The SMILES string of the molecule is CCCCCCCCCCCCCCCCCCCCCCCCC(O)C(=O)N[C@@H](COP(=O)(O)O[C@@H]1[C@H](O)[C@H](O)[C@@H](O)[C@H](O)[C@H]1OC1O[C@H](COP(=O)(O)OC2[C@H](O)[C@H](O)C(O)[C@H](O)[C@H]2O)[C@@H](O)[C@H](O)[C@@H]1O)[C@H](O)CCCCCCCCCCCCCCCCC. The number of carbonyl (C=O) groups excluding carboxylic acids is 1. The van der Waals surface area contributed by atoms with Crippen molar-refractivity contribution in [2.45, 2.75) is 386 Å². The lowest BCUT2D eigenvalue weighted by Gasteiger charge is -2.47. The third kappa shape index (κ3) is 32.4. The standard InChI is InChI=1S/C64H125NO25P2/c1-3-5-7-9-11-13-15-17-19-20-21-22-23-24-25-27-29-31-33-35-37-39-41-46(67)63(80)65-44(45(66)40-38-36-34-32-30-28-26-18-16-14-12-10-8-6-4-2)42-85-91(81,82)90-62-58(78)54(74)53(73)57(77)61(62)88-64-59(79)49(69)48(68)47(87-64)43-86-92(83,84)89-60-55(75)51(71)50(70)52(72)56(60)76/h44-62,64,66-79H,3-43H2,1-2H3,(H,65,80)(H,81,82)(H,83,84)/t44-,45+,46?,47+,48+,49-,50?,51-,52+,53+,54+,55+,56+,57-,58+,59-,60?,61+,62+,64?/m0/s1. The smallest absolute Gasteiger partial charge is 0.391 e. The van der Waals surface area contributed by atoms with Gasteiger partial charge in [0.2, 0.25) is 5.91 Å². The van der Waals surface area contributed by atoms with Gasteiger partial charge in [-0.05, 0) is 12.8 Å². The number of aliphatic hydroxyl groups is 14. The van der Waals surface area contributed by atoms with Gasteiger partial charge in [-0.2, -0.15) is 0 Å². The second-order valence-corrected chi connectivity index (χ2v) is 29.2. The van der Waals surface area contributed by atoms with Crippen LogP contribution in [0, 0.1) is 0 Å². The number of hydrogen-bond donors (Lipinski definition) is 17. The van der Waals surface area contributed by atoms with Crippen LogP contribution in [0.5, 0.6) is 0 Å². The van der Waals surface area contributed by atoms with Crippen LogP contribution in [0.1, 0.15) is 264 Å². The van der Waals surface area contributed by atoms with Crippen molar-refractivity contribution in [2.75, 3.05) is 13.2 Å². The van der Waals surface area contributed by atoms with Crippen molar-refractivity contribution in [1.82, 2.24) is 5.32 Å². The monoisotopic (exact) mass is 1370 g/mol. The average Bonchev–Trinajstić information content (AvgIpc) is 0.795. The van der Waals surface area contributed by atoms with Gasteiger partial charge in [-0.1, -0.05) is 251 Å². The van der Waals surface area contributed by atoms with Crippen molar-refractivity contribution in [2.24, 2.45) is 0 Å². The minimum absolute atomic E-state index is 0.104. The first-order chi connectivity index (χ1) is 43.9. The van der Waals surface area contributed by atoms with E-state index >= 15 is 0 Å². The van der Waals surface area contributed by atoms with Crippen molar-refractivity contribution >= 4 is 21.6 Å². The van der Waals surface area contributed by atoms with Crippen LogP contribution in [-0.4, -0.2) is 223 Å². The number of amides is 1. The van der Waals surface area contributed by atoms with Gasteiger partial charge >= 0.3 is 15.6 Å². The highest BCUT2D eigenvalue weighted by atomic mass is 31.2. The van der Waals surface area contributed by atoms with Gasteiger partial charge in [0.25, 0.3) is 0 Å². The molecule has 546 valence electrons. The summed E-state index contributed by atoms with van der Waals surface area (Å²) in [6.45, 7) is 2.29. The summed E-state index contributed by atoms with van der Waals surface area (Å²) in [5, 5.41) is 151. The summed E-state index contributed by atoms with van der Waals surface area (Å²) in [4.78, 5) is 35.1. The van der Waals surface area contributed by atoms with Crippen LogP contribution in [0.3, 0.4) is 0 Å². The van der Waals surface area contributed by atoms with Crippen LogP contribution in [0.15, 0.2) is 0 Å². The Morgan fingerprint density at radius 1 is 0.391 bits per heavy atom. The first-order valence-corrected chi connectivity index (χ1v) is 38.3. The fraction of sp³-hybridized carbons (Fsp3) is 0.984. The molecule has 3 rings (SSSR count). The Balaban J connectivity index is 1.56. The lowest BCUT2D eigenvalue weighted by molar-refractivity contribution is -0.337. The van der Waals surface area contributed by atoms with Crippen LogP contribution in [0.2, 0.25) is 0 Å². The van der Waals surface area contributed by atoms with Crippen LogP contribution < -0.4 is 5.32 Å². The van der Waals surface area contributed by atoms with E-state index in [0.29, 0.717) is 12.8 Å². The maximum Gasteiger partial charge on any atom is 0.472 e. The molecule has 1 aliphatic heterocycles. The summed E-state index contributed by atoms with van der Waals surface area (Å²) in [6, 6.07) is -1.42. The second kappa shape index (κ2) is 47.9. The largest absolute Gasteiger partial charge is 0.472 e. The van der Waals surface area contributed by atoms with Crippen molar-refractivity contribution < 1.29 is 123 Å². The normalized spacial score (nSPS) is 31.0. The summed E-state index contributed by atoms with van der Waals surface area (Å²) < 4.78 is 58.0. The second-order valence-electron chi connectivity index (χ2n) is 26.3. The molecule has 26 nitrogen and oxygen atoms in total. The van der Waals surface area contributed by atoms with E-state index in [1.807, 2.05) is 0 Å². The molecule has 22 atom stereocenters. The zero-order chi connectivity index (χ0) is 68.1. The molecular weight excluding hydrogens is 1240 g/mol. The molecule has 0 aromatic heterocycles. The Bertz CT molecular complexity index is 1960. The quantitative estimate of drug-likeness (QED) is 0.0248. The molecule has 0 aromatic rings. The highest BCUT2D eigenvalue weighted by Crippen LogP contribution is 2.49. The number of hydrogen-bond acceptors (Lipinski definition) is 23. The first-order valence-electron chi connectivity index (χ1n) is 35.3. The maximum absolute atomic E-state index is 13.8. The van der Waals surface area contributed by atoms with Gasteiger partial charge in [-0.15, -0.1) is 0 Å². The highest BCUT2D eigenvalue weighted by molar-refractivity contribution is 7.47. The number of phosphoric acid groups is 2. The fourth-order valence-electron chi connectivity index (χ4n) is 12.3. The molecule has 92 heavy (non-hydrogen) atoms. The number of ether oxygens (including phenoxy) is 2. The van der Waals surface area contributed by atoms with E-state index in [0.717, 1.165) is 64.2 Å². The van der Waals surface area contributed by atoms with Crippen molar-refractivity contribution in [3.05, 3.63) is 0 Å². The van der Waals surface area contributed by atoms with Crippen LogP contribution in [-0.2, 0) is 41.5 Å². The van der Waals surface area contributed by atoms with Gasteiger partial charge in [0.05, 0.1) is 25.4 Å². The minimum Gasteiger partial charge on any atom is -0.391 e. The zero-order valence-electron chi connectivity index (χ0n) is 55.3. The van der Waals surface area contributed by atoms with E-state index < -0.39 is 157 Å². The molecule has 28 heteroatoms. The zero-order valence-corrected chi connectivity index (χ0v) is 57.1. The molecule has 2 saturated carbocycles. The Morgan fingerprint density at radius 2 is 0.696 bits per heavy atom. The van der Waals surface area contributed by atoms with Gasteiger partial charge in [0.1, 0.15) is 104 Å². The molecule has 6 unspecified atom stereocenters. The number of rotatable bonds is 54. The van der Waals surface area contributed by atoms with Gasteiger partial charge < -0.3 is 96.1 Å². The third-order valence-electron chi connectivity index (χ3n) is 18.4. The lowest BCUT2D eigenvalue weighted by Crippen LogP contribution is -2.67. The molecule has 0 radical (unpaired) electrons. The molecule has 2 aliphatic carbocycles. The number of unbranched alkanes of at least 4 members (excludes halogenated alkanes) is 35. The molecule has 0 aromatic carbocycles. The lowest BCUT2D eigenvalue weighted by atomic mass is 9.84. The Morgan fingerprint density at radius 3 is 1.09 bits per heavy atom. The van der Waals surface area contributed by atoms with E-state index in [1.165, 1.54) is 161 Å². The molecule has 3 aliphatic rings. The number of carbonyl (C=O) groups is 1. The molecule has 1 heterocycles. The van der Waals surface area contributed by atoms with E-state index in [4.69, 9.17) is 27.6 Å². The Hall–Kier alpha value is -0.950. The Labute approximate surface area is 547 Å². The molecule has 0 bridgehead atoms. The van der Waals surface area contributed by atoms with Crippen molar-refractivity contribution in [3.63, 3.8) is 0 Å². The number of aliphatic hydroxyl groups excluding tert-OH is 14. The fourth-order valence-corrected chi connectivity index (χ4v) is 14.3. The van der Waals surface area contributed by atoms with E-state index in [1.54, 1.807) is 0 Å². The summed E-state index contributed by atoms with van der Waals surface area (Å²) in [5.41, 5.74) is 0. The summed E-state index contributed by atoms with van der Waals surface area (Å²) in [5.74, 6) is -0.874. The maximum atomic E-state index is 13.8. The minimum atomic E-state index is -5.59. The van der Waals surface area contributed by atoms with Gasteiger partial charge in [0, 0.05) is 0 Å². The number of phosphoric ester groups is 2.